The third-order valence-electron chi connectivity index (χ3n) is 3.54. The van der Waals surface area contributed by atoms with Gasteiger partial charge in [-0.2, -0.15) is 0 Å². The first-order valence-corrected chi connectivity index (χ1v) is 7.44. The molecule has 0 bridgehead atoms. The van der Waals surface area contributed by atoms with Crippen LogP contribution in [0.2, 0.25) is 5.15 Å². The van der Waals surface area contributed by atoms with Crippen molar-refractivity contribution in [2.24, 2.45) is 0 Å². The van der Waals surface area contributed by atoms with Crippen LogP contribution in [0.1, 0.15) is 38.3 Å². The van der Waals surface area contributed by atoms with Gasteiger partial charge in [-0.25, -0.2) is 4.79 Å². The minimum Gasteiger partial charge on any atom is -0.297 e. The molecule has 0 radical (unpaired) electrons. The molecule has 0 saturated carbocycles. The monoisotopic (exact) mass is 306 g/mol. The molecule has 1 N–H and O–H groups in total. The summed E-state index contributed by atoms with van der Waals surface area (Å²) in [5.74, 6) is 0. The average molecular weight is 307 g/mol. The summed E-state index contributed by atoms with van der Waals surface area (Å²) in [6, 6.07) is 7.36. The minimum absolute atomic E-state index is 0.0931. The number of H-pyrrole nitrogens is 1. The summed E-state index contributed by atoms with van der Waals surface area (Å²) in [6.45, 7) is 5.84. The fourth-order valence-corrected chi connectivity index (χ4v) is 2.79. The Morgan fingerprint density at radius 1 is 1.33 bits per heavy atom. The summed E-state index contributed by atoms with van der Waals surface area (Å²) in [7, 11) is 0. The van der Waals surface area contributed by atoms with Crippen LogP contribution in [0.4, 0.5) is 0 Å². The molecule has 0 saturated heterocycles. The molecule has 0 aliphatic carbocycles. The van der Waals surface area contributed by atoms with Gasteiger partial charge in [0, 0.05) is 6.04 Å². The molecule has 1 atom stereocenters. The zero-order valence-electron chi connectivity index (χ0n) is 12.4. The Balaban J connectivity index is 2.71. The molecule has 4 nitrogen and oxygen atoms in total. The molecule has 0 spiro atoms. The van der Waals surface area contributed by atoms with E-state index in [-0.39, 0.29) is 16.8 Å². The fourth-order valence-electron chi connectivity index (χ4n) is 2.52. The van der Waals surface area contributed by atoms with E-state index >= 15 is 0 Å². The van der Waals surface area contributed by atoms with E-state index in [2.05, 4.69) is 4.98 Å². The van der Waals surface area contributed by atoms with Gasteiger partial charge in [-0.1, -0.05) is 54.8 Å². The lowest BCUT2D eigenvalue weighted by Gasteiger charge is -2.15. The van der Waals surface area contributed by atoms with Crippen molar-refractivity contribution in [2.75, 3.05) is 0 Å². The highest BCUT2D eigenvalue weighted by molar-refractivity contribution is 6.32. The first-order chi connectivity index (χ1) is 9.95. The minimum atomic E-state index is -0.456. The van der Waals surface area contributed by atoms with Gasteiger partial charge in [-0.3, -0.25) is 14.3 Å². The summed E-state index contributed by atoms with van der Waals surface area (Å²) in [4.78, 5) is 27.3. The van der Waals surface area contributed by atoms with Crippen LogP contribution in [-0.2, 0) is 0 Å². The SMILES string of the molecule is CCCC(C)n1c(=O)[nH]c(Cl)c(-c2cccc(C)c2)c1=O. The number of aryl methyl sites for hydroxylation is 1. The first kappa shape index (κ1) is 15.6. The van der Waals surface area contributed by atoms with Crippen molar-refractivity contribution in [1.29, 1.82) is 0 Å². The highest BCUT2D eigenvalue weighted by atomic mass is 35.5. The lowest BCUT2D eigenvalue weighted by molar-refractivity contribution is 0.466. The van der Waals surface area contributed by atoms with E-state index in [0.29, 0.717) is 5.56 Å². The third-order valence-corrected chi connectivity index (χ3v) is 3.83. The second-order valence-electron chi connectivity index (χ2n) is 5.30. The molecule has 1 heterocycles. The van der Waals surface area contributed by atoms with E-state index in [1.807, 2.05) is 45.0 Å². The Bertz CT molecular complexity index is 762. The van der Waals surface area contributed by atoms with Gasteiger partial charge in [0.2, 0.25) is 0 Å². The summed E-state index contributed by atoms with van der Waals surface area (Å²) in [5.41, 5.74) is 1.31. The van der Waals surface area contributed by atoms with Gasteiger partial charge in [0.1, 0.15) is 5.15 Å². The van der Waals surface area contributed by atoms with Gasteiger partial charge < -0.3 is 0 Å². The molecular weight excluding hydrogens is 288 g/mol. The van der Waals surface area contributed by atoms with E-state index < -0.39 is 5.69 Å². The molecular formula is C16H19ClN2O2. The molecule has 0 aliphatic rings. The van der Waals surface area contributed by atoms with Gasteiger partial charge in [0.25, 0.3) is 5.56 Å². The van der Waals surface area contributed by atoms with Crippen LogP contribution in [0.3, 0.4) is 0 Å². The van der Waals surface area contributed by atoms with Gasteiger partial charge in [0.05, 0.1) is 5.56 Å². The van der Waals surface area contributed by atoms with Crippen molar-refractivity contribution in [1.82, 2.24) is 9.55 Å². The highest BCUT2D eigenvalue weighted by Crippen LogP contribution is 2.23. The molecule has 1 aromatic carbocycles. The average Bonchev–Trinajstić information content (AvgIpc) is 2.38. The fraction of sp³-hybridized carbons (Fsp3) is 0.375. The molecule has 5 heteroatoms. The molecule has 2 rings (SSSR count). The van der Waals surface area contributed by atoms with Gasteiger partial charge in [-0.15, -0.1) is 0 Å². The van der Waals surface area contributed by atoms with Crippen LogP contribution in [0, 0.1) is 6.92 Å². The Morgan fingerprint density at radius 3 is 2.67 bits per heavy atom. The lowest BCUT2D eigenvalue weighted by atomic mass is 10.1. The predicted octanol–water partition coefficient (Wildman–Crippen LogP) is 3.53. The number of hydrogen-bond acceptors (Lipinski definition) is 2. The molecule has 21 heavy (non-hydrogen) atoms. The second-order valence-corrected chi connectivity index (χ2v) is 5.68. The largest absolute Gasteiger partial charge is 0.329 e. The van der Waals surface area contributed by atoms with Crippen molar-refractivity contribution < 1.29 is 0 Å². The molecule has 0 fully saturated rings. The Morgan fingerprint density at radius 2 is 2.05 bits per heavy atom. The summed E-state index contributed by atoms with van der Waals surface area (Å²) in [6.07, 6.45) is 1.66. The maximum Gasteiger partial charge on any atom is 0.329 e. The van der Waals surface area contributed by atoms with Gasteiger partial charge >= 0.3 is 5.69 Å². The normalized spacial score (nSPS) is 12.4. The maximum absolute atomic E-state index is 12.7. The molecule has 1 aromatic heterocycles. The Hall–Kier alpha value is -1.81. The standard InChI is InChI=1S/C16H19ClN2O2/c1-4-6-11(3)19-15(20)13(14(17)18-16(19)21)12-8-5-7-10(2)9-12/h5,7-9,11H,4,6H2,1-3H3,(H,18,21). The van der Waals surface area contributed by atoms with E-state index in [1.54, 1.807) is 0 Å². The van der Waals surface area contributed by atoms with E-state index in [0.717, 1.165) is 24.0 Å². The molecule has 112 valence electrons. The van der Waals surface area contributed by atoms with Gasteiger partial charge in [-0.05, 0) is 25.8 Å². The number of nitrogens with one attached hydrogen (secondary N) is 1. The van der Waals surface area contributed by atoms with E-state index in [9.17, 15) is 9.59 Å². The Kier molecular flexibility index (Phi) is 4.68. The zero-order valence-corrected chi connectivity index (χ0v) is 13.2. The topological polar surface area (TPSA) is 54.9 Å². The van der Waals surface area contributed by atoms with Crippen LogP contribution in [0.25, 0.3) is 11.1 Å². The number of hydrogen-bond donors (Lipinski definition) is 1. The van der Waals surface area contributed by atoms with E-state index in [1.165, 1.54) is 4.57 Å². The highest BCUT2D eigenvalue weighted by Gasteiger charge is 2.17. The van der Waals surface area contributed by atoms with Crippen LogP contribution < -0.4 is 11.2 Å². The lowest BCUT2D eigenvalue weighted by Crippen LogP contribution is -2.38. The second kappa shape index (κ2) is 6.31. The first-order valence-electron chi connectivity index (χ1n) is 7.07. The molecule has 0 amide bonds. The summed E-state index contributed by atoms with van der Waals surface area (Å²) >= 11 is 6.11. The van der Waals surface area contributed by atoms with E-state index in [4.69, 9.17) is 11.6 Å². The van der Waals surface area contributed by atoms with Crippen molar-refractivity contribution in [3.8, 4) is 11.1 Å². The molecule has 2 aromatic rings. The summed E-state index contributed by atoms with van der Waals surface area (Å²) in [5, 5.41) is 0.0931. The molecule has 1 unspecified atom stereocenters. The number of nitrogens with zero attached hydrogens (tertiary/aromatic N) is 1. The van der Waals surface area contributed by atoms with Crippen LogP contribution in [0.5, 0.6) is 0 Å². The van der Waals surface area contributed by atoms with Crippen molar-refractivity contribution in [2.45, 2.75) is 39.7 Å². The van der Waals surface area contributed by atoms with Crippen molar-refractivity contribution >= 4 is 11.6 Å². The third kappa shape index (κ3) is 3.10. The smallest absolute Gasteiger partial charge is 0.297 e. The van der Waals surface area contributed by atoms with Gasteiger partial charge in [0.15, 0.2) is 0 Å². The predicted molar refractivity (Wildman–Crippen MR) is 86.1 cm³/mol. The number of rotatable bonds is 4. The van der Waals surface area contributed by atoms with Crippen molar-refractivity contribution in [3.63, 3.8) is 0 Å². The zero-order chi connectivity index (χ0) is 15.6. The molecule has 0 aliphatic heterocycles. The number of aromatic amines is 1. The number of benzene rings is 1. The van der Waals surface area contributed by atoms with Crippen LogP contribution in [-0.4, -0.2) is 9.55 Å². The van der Waals surface area contributed by atoms with Crippen molar-refractivity contribution in [3.05, 3.63) is 55.8 Å². The quantitative estimate of drug-likeness (QED) is 0.879. The Labute approximate surface area is 128 Å². The van der Waals surface area contributed by atoms with Crippen LogP contribution >= 0.6 is 11.6 Å². The number of aromatic nitrogens is 2. The number of halogens is 1. The van der Waals surface area contributed by atoms with Crippen LogP contribution in [0.15, 0.2) is 33.9 Å². The maximum atomic E-state index is 12.7. The summed E-state index contributed by atoms with van der Waals surface area (Å²) < 4.78 is 1.26.